The van der Waals surface area contributed by atoms with Crippen LogP contribution >= 0.6 is 11.6 Å². The van der Waals surface area contributed by atoms with E-state index in [-0.39, 0.29) is 10.7 Å². The van der Waals surface area contributed by atoms with Gasteiger partial charge in [-0.15, -0.1) is 0 Å². The average Bonchev–Trinajstić information content (AvgIpc) is 2.39. The summed E-state index contributed by atoms with van der Waals surface area (Å²) >= 11 is 5.74. The SMILES string of the molecule is O=Cc1ccc(-c2ccc(Cl)c([N+](=O)[O-])c2)cc1. The van der Waals surface area contributed by atoms with E-state index in [4.69, 9.17) is 11.6 Å². The summed E-state index contributed by atoms with van der Waals surface area (Å²) in [5.74, 6) is 0. The Kier molecular flexibility index (Phi) is 3.39. The maximum Gasteiger partial charge on any atom is 0.288 e. The zero-order valence-electron chi connectivity index (χ0n) is 9.17. The van der Waals surface area contributed by atoms with E-state index in [9.17, 15) is 14.9 Å². The molecule has 4 nitrogen and oxygen atoms in total. The van der Waals surface area contributed by atoms with Gasteiger partial charge >= 0.3 is 0 Å². The highest BCUT2D eigenvalue weighted by Gasteiger charge is 2.13. The quantitative estimate of drug-likeness (QED) is 0.480. The molecule has 0 saturated carbocycles. The second kappa shape index (κ2) is 4.98. The van der Waals surface area contributed by atoms with Gasteiger partial charge in [0.25, 0.3) is 5.69 Å². The van der Waals surface area contributed by atoms with Crippen molar-refractivity contribution < 1.29 is 9.72 Å². The topological polar surface area (TPSA) is 60.2 Å². The van der Waals surface area contributed by atoms with Crippen molar-refractivity contribution >= 4 is 23.6 Å². The van der Waals surface area contributed by atoms with Crippen molar-refractivity contribution in [3.05, 3.63) is 63.2 Å². The van der Waals surface area contributed by atoms with E-state index >= 15 is 0 Å². The molecule has 0 N–H and O–H groups in total. The smallest absolute Gasteiger partial charge is 0.288 e. The molecule has 2 aromatic rings. The first-order valence-electron chi connectivity index (χ1n) is 5.11. The summed E-state index contributed by atoms with van der Waals surface area (Å²) in [4.78, 5) is 20.8. The number of carbonyl (C=O) groups excluding carboxylic acids is 1. The average molecular weight is 262 g/mol. The molecule has 0 radical (unpaired) electrons. The zero-order chi connectivity index (χ0) is 13.1. The van der Waals surface area contributed by atoms with E-state index in [1.165, 1.54) is 12.1 Å². The summed E-state index contributed by atoms with van der Waals surface area (Å²) < 4.78 is 0. The van der Waals surface area contributed by atoms with Crippen molar-refractivity contribution in [1.82, 2.24) is 0 Å². The maximum absolute atomic E-state index is 10.8. The van der Waals surface area contributed by atoms with E-state index < -0.39 is 4.92 Å². The minimum atomic E-state index is -0.522. The molecule has 0 aliphatic heterocycles. The second-order valence-corrected chi connectivity index (χ2v) is 4.07. The monoisotopic (exact) mass is 261 g/mol. The summed E-state index contributed by atoms with van der Waals surface area (Å²) in [7, 11) is 0. The molecule has 5 heteroatoms. The molecule has 0 fully saturated rings. The fourth-order valence-corrected chi connectivity index (χ4v) is 1.77. The van der Waals surface area contributed by atoms with Crippen LogP contribution in [0, 0.1) is 10.1 Å². The second-order valence-electron chi connectivity index (χ2n) is 3.66. The normalized spacial score (nSPS) is 10.1. The van der Waals surface area contributed by atoms with Gasteiger partial charge in [0.15, 0.2) is 0 Å². The minimum Gasteiger partial charge on any atom is -0.298 e. The molecule has 0 saturated heterocycles. The number of hydrogen-bond acceptors (Lipinski definition) is 3. The predicted octanol–water partition coefficient (Wildman–Crippen LogP) is 3.73. The lowest BCUT2D eigenvalue weighted by Gasteiger charge is -2.03. The molecular formula is C13H8ClNO3. The van der Waals surface area contributed by atoms with Gasteiger partial charge in [-0.05, 0) is 17.2 Å². The lowest BCUT2D eigenvalue weighted by molar-refractivity contribution is -0.384. The standard InChI is InChI=1S/C13H8ClNO3/c14-12-6-5-11(7-13(12)15(17)18)10-3-1-9(8-16)2-4-10/h1-8H. The van der Waals surface area contributed by atoms with Crippen molar-refractivity contribution in [3.8, 4) is 11.1 Å². The van der Waals surface area contributed by atoms with Gasteiger partial charge in [0.2, 0.25) is 0 Å². The number of aldehydes is 1. The molecule has 2 aromatic carbocycles. The van der Waals surface area contributed by atoms with Crippen molar-refractivity contribution in [2.45, 2.75) is 0 Å². The molecule has 0 spiro atoms. The van der Waals surface area contributed by atoms with Crippen LogP contribution in [0.1, 0.15) is 10.4 Å². The highest BCUT2D eigenvalue weighted by atomic mass is 35.5. The zero-order valence-corrected chi connectivity index (χ0v) is 9.92. The van der Waals surface area contributed by atoms with Crippen LogP contribution in [0.2, 0.25) is 5.02 Å². The van der Waals surface area contributed by atoms with Crippen LogP contribution in [0.4, 0.5) is 5.69 Å². The van der Waals surface area contributed by atoms with E-state index in [0.29, 0.717) is 11.1 Å². The number of halogens is 1. The predicted molar refractivity (Wildman–Crippen MR) is 68.9 cm³/mol. The third kappa shape index (κ3) is 2.38. The van der Waals surface area contributed by atoms with Crippen LogP contribution in [-0.2, 0) is 0 Å². The number of nitro groups is 1. The van der Waals surface area contributed by atoms with Gasteiger partial charge in [0.1, 0.15) is 11.3 Å². The van der Waals surface area contributed by atoms with Gasteiger partial charge in [0, 0.05) is 11.6 Å². The number of nitro benzene ring substituents is 1. The number of carbonyl (C=O) groups is 1. The Labute approximate surface area is 108 Å². The third-order valence-corrected chi connectivity index (χ3v) is 2.84. The Balaban J connectivity index is 2.47. The maximum atomic E-state index is 10.8. The van der Waals surface area contributed by atoms with Crippen molar-refractivity contribution in [3.63, 3.8) is 0 Å². The highest BCUT2D eigenvalue weighted by molar-refractivity contribution is 6.32. The van der Waals surface area contributed by atoms with Gasteiger partial charge in [0.05, 0.1) is 4.92 Å². The Bertz CT molecular complexity index is 608. The summed E-state index contributed by atoms with van der Waals surface area (Å²) in [5.41, 5.74) is 1.90. The van der Waals surface area contributed by atoms with Gasteiger partial charge in [-0.3, -0.25) is 14.9 Å². The van der Waals surface area contributed by atoms with E-state index in [1.807, 2.05) is 0 Å². The van der Waals surface area contributed by atoms with Gasteiger partial charge < -0.3 is 0 Å². The summed E-state index contributed by atoms with van der Waals surface area (Å²) in [6.07, 6.45) is 0.744. The summed E-state index contributed by atoms with van der Waals surface area (Å²) in [5, 5.41) is 10.9. The lowest BCUT2D eigenvalue weighted by Crippen LogP contribution is -1.90. The van der Waals surface area contributed by atoms with Crippen molar-refractivity contribution in [1.29, 1.82) is 0 Å². The summed E-state index contributed by atoms with van der Waals surface area (Å²) in [6.45, 7) is 0. The molecule has 0 atom stereocenters. The first kappa shape index (κ1) is 12.3. The molecule has 18 heavy (non-hydrogen) atoms. The molecule has 0 aliphatic carbocycles. The van der Waals surface area contributed by atoms with Crippen LogP contribution in [0.5, 0.6) is 0 Å². The highest BCUT2D eigenvalue weighted by Crippen LogP contribution is 2.30. The molecule has 0 amide bonds. The van der Waals surface area contributed by atoms with E-state index in [0.717, 1.165) is 11.8 Å². The van der Waals surface area contributed by atoms with Crippen LogP contribution in [0.15, 0.2) is 42.5 Å². The summed E-state index contributed by atoms with van der Waals surface area (Å²) in [6, 6.07) is 11.4. The van der Waals surface area contributed by atoms with E-state index in [2.05, 4.69) is 0 Å². The molecule has 0 bridgehead atoms. The van der Waals surface area contributed by atoms with Crippen LogP contribution in [0.25, 0.3) is 11.1 Å². The Hall–Kier alpha value is -2.20. The Morgan fingerprint density at radius 3 is 2.22 bits per heavy atom. The fraction of sp³-hybridized carbons (Fsp3) is 0. The first-order chi connectivity index (χ1) is 8.61. The van der Waals surface area contributed by atoms with Crippen molar-refractivity contribution in [2.75, 3.05) is 0 Å². The number of rotatable bonds is 3. The first-order valence-corrected chi connectivity index (χ1v) is 5.49. The molecule has 0 unspecified atom stereocenters. The lowest BCUT2D eigenvalue weighted by atomic mass is 10.0. The fourth-order valence-electron chi connectivity index (χ4n) is 1.59. The van der Waals surface area contributed by atoms with Crippen LogP contribution in [0.3, 0.4) is 0 Å². The molecule has 0 aromatic heterocycles. The Morgan fingerprint density at radius 2 is 1.67 bits per heavy atom. The van der Waals surface area contributed by atoms with Gasteiger partial charge in [-0.2, -0.15) is 0 Å². The minimum absolute atomic E-state index is 0.105. The van der Waals surface area contributed by atoms with Crippen LogP contribution in [-0.4, -0.2) is 11.2 Å². The Morgan fingerprint density at radius 1 is 1.06 bits per heavy atom. The third-order valence-electron chi connectivity index (χ3n) is 2.52. The van der Waals surface area contributed by atoms with Crippen molar-refractivity contribution in [2.24, 2.45) is 0 Å². The molecule has 2 rings (SSSR count). The van der Waals surface area contributed by atoms with Gasteiger partial charge in [-0.25, -0.2) is 0 Å². The number of nitrogens with zero attached hydrogens (tertiary/aromatic N) is 1. The number of benzene rings is 2. The molecule has 0 heterocycles. The number of hydrogen-bond donors (Lipinski definition) is 0. The molecule has 90 valence electrons. The van der Waals surface area contributed by atoms with Gasteiger partial charge in [-0.1, -0.05) is 41.9 Å². The van der Waals surface area contributed by atoms with Crippen LogP contribution < -0.4 is 0 Å². The molecule has 0 aliphatic rings. The largest absolute Gasteiger partial charge is 0.298 e. The molecular weight excluding hydrogens is 254 g/mol. The van der Waals surface area contributed by atoms with E-state index in [1.54, 1.807) is 30.3 Å².